The first-order valence-corrected chi connectivity index (χ1v) is 5.14. The van der Waals surface area contributed by atoms with Crippen LogP contribution in [0.5, 0.6) is 0 Å². The van der Waals surface area contributed by atoms with Gasteiger partial charge in [0.25, 0.3) is 0 Å². The standard InChI is InChI=1S/C8H11NO4S/c10-3-4-5(11)6(12)7(13-4)8-9-1-2-14-8/h1-2,4-7,10-12H,3H2/t4-,5-,6-,7?/m1/s1. The van der Waals surface area contributed by atoms with Gasteiger partial charge in [0.2, 0.25) is 0 Å². The van der Waals surface area contributed by atoms with Crippen molar-refractivity contribution in [3.8, 4) is 0 Å². The lowest BCUT2D eigenvalue weighted by atomic mass is 10.1. The molecule has 6 heteroatoms. The third-order valence-corrected chi connectivity index (χ3v) is 3.07. The SMILES string of the molecule is OC[C@H]1OC(c2nccs2)[C@H](O)[C@@H]1O. The van der Waals surface area contributed by atoms with Crippen LogP contribution < -0.4 is 0 Å². The molecule has 1 aliphatic rings. The summed E-state index contributed by atoms with van der Waals surface area (Å²) in [4.78, 5) is 3.99. The molecule has 0 saturated carbocycles. The van der Waals surface area contributed by atoms with Gasteiger partial charge >= 0.3 is 0 Å². The zero-order valence-corrected chi connectivity index (χ0v) is 8.09. The van der Waals surface area contributed by atoms with E-state index < -0.39 is 24.4 Å². The van der Waals surface area contributed by atoms with E-state index in [4.69, 9.17) is 9.84 Å². The second-order valence-corrected chi connectivity index (χ2v) is 4.06. The van der Waals surface area contributed by atoms with Crippen molar-refractivity contribution >= 4 is 11.3 Å². The van der Waals surface area contributed by atoms with Gasteiger partial charge in [-0.25, -0.2) is 4.98 Å². The number of aliphatic hydroxyl groups is 3. The minimum absolute atomic E-state index is 0.305. The first-order chi connectivity index (χ1) is 6.74. The minimum atomic E-state index is -1.05. The molecule has 1 unspecified atom stereocenters. The molecular weight excluding hydrogens is 206 g/mol. The molecule has 3 N–H and O–H groups in total. The minimum Gasteiger partial charge on any atom is -0.394 e. The maximum Gasteiger partial charge on any atom is 0.138 e. The number of aliphatic hydroxyl groups excluding tert-OH is 3. The van der Waals surface area contributed by atoms with Gasteiger partial charge in [0.05, 0.1) is 6.61 Å². The highest BCUT2D eigenvalue weighted by Gasteiger charge is 2.44. The smallest absolute Gasteiger partial charge is 0.138 e. The fourth-order valence-electron chi connectivity index (χ4n) is 1.48. The van der Waals surface area contributed by atoms with Crippen LogP contribution in [0.1, 0.15) is 11.1 Å². The Hall–Kier alpha value is -0.530. The molecule has 0 amide bonds. The Morgan fingerprint density at radius 1 is 1.43 bits per heavy atom. The summed E-state index contributed by atoms with van der Waals surface area (Å²) in [6.07, 6.45) is -1.80. The molecule has 5 nitrogen and oxygen atoms in total. The van der Waals surface area contributed by atoms with E-state index in [1.54, 1.807) is 11.6 Å². The first kappa shape index (κ1) is 10.0. The molecule has 0 spiro atoms. The van der Waals surface area contributed by atoms with E-state index in [0.29, 0.717) is 5.01 Å². The summed E-state index contributed by atoms with van der Waals surface area (Å²) >= 11 is 1.35. The van der Waals surface area contributed by atoms with Crippen LogP contribution in [-0.2, 0) is 4.74 Å². The fraction of sp³-hybridized carbons (Fsp3) is 0.625. The molecule has 4 atom stereocenters. The maximum absolute atomic E-state index is 9.61. The molecule has 2 heterocycles. The van der Waals surface area contributed by atoms with Crippen molar-refractivity contribution in [1.82, 2.24) is 4.98 Å². The number of hydrogen-bond acceptors (Lipinski definition) is 6. The summed E-state index contributed by atoms with van der Waals surface area (Å²) in [5.41, 5.74) is 0. The highest BCUT2D eigenvalue weighted by atomic mass is 32.1. The third-order valence-electron chi connectivity index (χ3n) is 2.24. The van der Waals surface area contributed by atoms with E-state index in [1.165, 1.54) is 11.3 Å². The highest BCUT2D eigenvalue weighted by molar-refractivity contribution is 7.09. The molecule has 1 fully saturated rings. The van der Waals surface area contributed by atoms with E-state index in [9.17, 15) is 10.2 Å². The second-order valence-electron chi connectivity index (χ2n) is 3.13. The monoisotopic (exact) mass is 217 g/mol. The van der Waals surface area contributed by atoms with Gasteiger partial charge in [-0.05, 0) is 0 Å². The van der Waals surface area contributed by atoms with Crippen LogP contribution in [0.15, 0.2) is 11.6 Å². The molecule has 78 valence electrons. The molecule has 14 heavy (non-hydrogen) atoms. The van der Waals surface area contributed by atoms with Crippen LogP contribution in [0, 0.1) is 0 Å². The van der Waals surface area contributed by atoms with Crippen LogP contribution in [0.25, 0.3) is 0 Å². The molecule has 1 saturated heterocycles. The lowest BCUT2D eigenvalue weighted by Crippen LogP contribution is -2.32. The number of ether oxygens (including phenoxy) is 1. The van der Waals surface area contributed by atoms with Crippen molar-refractivity contribution in [2.24, 2.45) is 0 Å². The molecule has 0 aliphatic carbocycles. The Morgan fingerprint density at radius 3 is 2.71 bits per heavy atom. The van der Waals surface area contributed by atoms with Gasteiger partial charge in [-0.15, -0.1) is 11.3 Å². The quantitative estimate of drug-likeness (QED) is 0.610. The lowest BCUT2D eigenvalue weighted by Gasteiger charge is -2.11. The van der Waals surface area contributed by atoms with Gasteiger partial charge in [-0.2, -0.15) is 0 Å². The Kier molecular flexibility index (Phi) is 2.80. The van der Waals surface area contributed by atoms with E-state index in [-0.39, 0.29) is 6.61 Å². The number of rotatable bonds is 2. The molecule has 1 aromatic heterocycles. The highest BCUT2D eigenvalue weighted by Crippen LogP contribution is 2.34. The zero-order chi connectivity index (χ0) is 10.1. The van der Waals surface area contributed by atoms with E-state index in [0.717, 1.165) is 0 Å². The number of nitrogens with zero attached hydrogens (tertiary/aromatic N) is 1. The van der Waals surface area contributed by atoms with Crippen molar-refractivity contribution in [3.05, 3.63) is 16.6 Å². The van der Waals surface area contributed by atoms with Crippen molar-refractivity contribution in [3.63, 3.8) is 0 Å². The fourth-order valence-corrected chi connectivity index (χ4v) is 2.19. The van der Waals surface area contributed by atoms with Crippen molar-refractivity contribution in [2.45, 2.75) is 24.4 Å². The summed E-state index contributed by atoms with van der Waals surface area (Å²) in [5, 5.41) is 30.3. The Morgan fingerprint density at radius 2 is 2.21 bits per heavy atom. The van der Waals surface area contributed by atoms with Crippen LogP contribution in [-0.4, -0.2) is 45.2 Å². The maximum atomic E-state index is 9.61. The normalized spacial score (nSPS) is 37.6. The molecule has 1 aliphatic heterocycles. The average molecular weight is 217 g/mol. The van der Waals surface area contributed by atoms with Crippen LogP contribution >= 0.6 is 11.3 Å². The van der Waals surface area contributed by atoms with Gasteiger partial charge in [0.1, 0.15) is 29.4 Å². The third kappa shape index (κ3) is 1.55. The van der Waals surface area contributed by atoms with Crippen LogP contribution in [0.3, 0.4) is 0 Å². The summed E-state index contributed by atoms with van der Waals surface area (Å²) in [6.45, 7) is -0.305. The van der Waals surface area contributed by atoms with Crippen LogP contribution in [0.2, 0.25) is 0 Å². The zero-order valence-electron chi connectivity index (χ0n) is 7.28. The average Bonchev–Trinajstić information content (AvgIpc) is 2.78. The molecule has 2 rings (SSSR count). The van der Waals surface area contributed by atoms with Gasteiger partial charge in [0, 0.05) is 11.6 Å². The number of hydrogen-bond donors (Lipinski definition) is 3. The number of aromatic nitrogens is 1. The predicted molar refractivity (Wildman–Crippen MR) is 48.8 cm³/mol. The van der Waals surface area contributed by atoms with E-state index >= 15 is 0 Å². The summed E-state index contributed by atoms with van der Waals surface area (Å²) in [7, 11) is 0. The Bertz CT molecular complexity index is 292. The molecule has 0 radical (unpaired) electrons. The van der Waals surface area contributed by atoms with Crippen LogP contribution in [0.4, 0.5) is 0 Å². The first-order valence-electron chi connectivity index (χ1n) is 4.26. The van der Waals surface area contributed by atoms with Crippen molar-refractivity contribution in [1.29, 1.82) is 0 Å². The van der Waals surface area contributed by atoms with E-state index in [2.05, 4.69) is 4.98 Å². The van der Waals surface area contributed by atoms with Gasteiger partial charge in [-0.1, -0.05) is 0 Å². The van der Waals surface area contributed by atoms with Crippen molar-refractivity contribution in [2.75, 3.05) is 6.61 Å². The molecule has 1 aromatic rings. The summed E-state index contributed by atoms with van der Waals surface area (Å²) in [6, 6.07) is 0. The van der Waals surface area contributed by atoms with Gasteiger partial charge < -0.3 is 20.1 Å². The molecule has 0 aromatic carbocycles. The number of thiazole rings is 1. The Labute approximate surface area is 84.6 Å². The largest absolute Gasteiger partial charge is 0.394 e. The summed E-state index contributed by atoms with van der Waals surface area (Å²) in [5.74, 6) is 0. The topological polar surface area (TPSA) is 82.8 Å². The summed E-state index contributed by atoms with van der Waals surface area (Å²) < 4.78 is 5.28. The van der Waals surface area contributed by atoms with Crippen molar-refractivity contribution < 1.29 is 20.1 Å². The molecule has 0 bridgehead atoms. The lowest BCUT2D eigenvalue weighted by molar-refractivity contribution is -0.0228. The predicted octanol–water partition coefficient (Wildman–Crippen LogP) is -0.703. The van der Waals surface area contributed by atoms with Gasteiger partial charge in [-0.3, -0.25) is 0 Å². The Balaban J connectivity index is 2.16. The van der Waals surface area contributed by atoms with E-state index in [1.807, 2.05) is 0 Å². The van der Waals surface area contributed by atoms with Gasteiger partial charge in [0.15, 0.2) is 0 Å². The molecular formula is C8H11NO4S. The second kappa shape index (κ2) is 3.92.